The summed E-state index contributed by atoms with van der Waals surface area (Å²) in [5.74, 6) is 2.76. The number of aryl methyl sites for hydroxylation is 16. The van der Waals surface area contributed by atoms with Crippen molar-refractivity contribution < 1.29 is 58.9 Å². The molecule has 117 heavy (non-hydrogen) atoms. The molecule has 4 aromatic carbocycles. The van der Waals surface area contributed by atoms with Crippen molar-refractivity contribution in [2.75, 3.05) is 28.3 Å². The molecule has 0 atom stereocenters. The van der Waals surface area contributed by atoms with Gasteiger partial charge in [0, 0.05) is 129 Å². The zero-order valence-corrected chi connectivity index (χ0v) is 77.0. The van der Waals surface area contributed by atoms with E-state index in [1.165, 1.54) is 55.8 Å². The van der Waals surface area contributed by atoms with Crippen LogP contribution >= 0.6 is 15.9 Å². The molecule has 9 N–H and O–H groups in total. The predicted molar refractivity (Wildman–Crippen MR) is 456 cm³/mol. The third-order valence-corrected chi connectivity index (χ3v) is 22.1. The summed E-state index contributed by atoms with van der Waals surface area (Å²) in [6.07, 6.45) is 0.389. The van der Waals surface area contributed by atoms with E-state index < -0.39 is 28.4 Å². The molecule has 8 aromatic heterocycles. The van der Waals surface area contributed by atoms with E-state index in [1.807, 2.05) is 143 Å². The van der Waals surface area contributed by atoms with Gasteiger partial charge in [-0.25, -0.2) is 0 Å². The van der Waals surface area contributed by atoms with E-state index >= 15 is 0 Å². The molecule has 1 fully saturated rings. The molecule has 10 heterocycles. The van der Waals surface area contributed by atoms with Gasteiger partial charge in [-0.15, -0.1) is 0 Å². The quantitative estimate of drug-likeness (QED) is 0.0367. The van der Waals surface area contributed by atoms with Crippen LogP contribution in [0.5, 0.6) is 0 Å². The molecule has 2 aliphatic rings. The van der Waals surface area contributed by atoms with Crippen molar-refractivity contribution in [2.24, 2.45) is 28.2 Å². The van der Waals surface area contributed by atoms with Crippen LogP contribution in [0, 0.1) is 131 Å². The van der Waals surface area contributed by atoms with Gasteiger partial charge in [-0.05, 0) is 224 Å². The first kappa shape index (κ1) is 94.3. The second kappa shape index (κ2) is 37.8. The summed E-state index contributed by atoms with van der Waals surface area (Å²) in [5.41, 5.74) is 50.5. The normalized spacial score (nSPS) is 12.7. The standard InChI is InChI=1S/C19H20N4O2.C17H19N5O3.C17H21N5O.C12H21BN2O2.C11H10BrN3O3.CH4.2Na.O4S2/c1-9-18(11(3)23(5)21-9)15-6-13(19-10(2)22-25-12(19)4)7-16-14(15)8-17(24)20-16;1-8-15(10(3)21(5)19-8)13-6-12(7-14(17(13)18)22(23)24)16-9(2)20-25-11(16)4;1-8-15(10(3)22(5)20-8)13-6-12(7-14(18)17(13)19)16-9(2)21-23-11(16)4;1-8-10(9(2)15(7)14-8)13-16-11(3,4)12(5,6)17-13;1-5-10(6(2)18-14-5)7-3-8(12)11(13)9(4-7)15(16)17;;;;1-5(2)6(3)4/h6-7H,8H2,1-5H3,(H,20,24);6-7H,18H2,1-5H3;6-7H,18-19H2,1-5H3;1-7H3;3-4H,13H2,1-2H3;1H4;;;. The number of carbonyl (C=O) groups excluding carboxylic acids is 1. The molecule has 0 unspecified atom stereocenters. The minimum atomic E-state index is -2.95. The molecule has 40 heteroatoms. The first-order chi connectivity index (χ1) is 54.1. The third kappa shape index (κ3) is 19.8. The van der Waals surface area contributed by atoms with Gasteiger partial charge in [-0.2, -0.15) is 37.2 Å². The maximum atomic E-state index is 12.0. The summed E-state index contributed by atoms with van der Waals surface area (Å²) < 4.78 is 77.1. The number of anilines is 5. The van der Waals surface area contributed by atoms with Crippen LogP contribution in [0.1, 0.15) is 132 Å². The SMILES string of the molecule is C.Cc1nn(C)c(C)c1B1OC(C)(C)C(C)(C)O1.Cc1noc(C)c1-c1cc(-c2c(C)nn(C)c2C)c(N)c([N+](=O)[O-])c1.Cc1noc(C)c1-c1cc(Br)c(N)c([N+](=O)[O-])c1.Cc1noc(C)c1-c1cc(N)c(N)c(-c2c(C)nn(C)c2C)c1.Cc1noc(C)c1-c1cc2c(c(-c3c(C)nn(C)c3C)c1)CC(=O)N2.O=S(=O)=S(=O)=O.[Na][Na]. The molecule has 2 aliphatic heterocycles. The maximum absolute atomic E-state index is 12.0. The van der Waals surface area contributed by atoms with E-state index in [4.69, 9.17) is 67.2 Å². The Balaban J connectivity index is 0.000000198. The van der Waals surface area contributed by atoms with E-state index in [2.05, 4.69) is 103 Å². The Morgan fingerprint density at radius 1 is 0.462 bits per heavy atom. The number of aromatic nitrogens is 12. The van der Waals surface area contributed by atoms with E-state index in [-0.39, 0.29) is 54.4 Å². The Bertz CT molecular complexity index is 5990. The molecule has 1 saturated heterocycles. The van der Waals surface area contributed by atoms with Gasteiger partial charge in [0.25, 0.3) is 11.4 Å². The van der Waals surface area contributed by atoms with Crippen molar-refractivity contribution in [2.45, 2.75) is 164 Å². The number of rotatable bonds is 10. The van der Waals surface area contributed by atoms with E-state index in [0.29, 0.717) is 61.9 Å². The summed E-state index contributed by atoms with van der Waals surface area (Å²) in [7, 11) is 1.42. The van der Waals surface area contributed by atoms with Gasteiger partial charge in [-0.1, -0.05) is 28.1 Å². The van der Waals surface area contributed by atoms with Crippen molar-refractivity contribution in [1.29, 1.82) is 0 Å². The fraction of sp³-hybridized carbons (Fsp3) is 0.364. The molecule has 0 radical (unpaired) electrons. The number of amides is 1. The molecular weight excluding hydrogens is 1630 g/mol. The van der Waals surface area contributed by atoms with Crippen LogP contribution < -0.4 is 33.7 Å². The monoisotopic (exact) mass is 1730 g/mol. The Morgan fingerprint density at radius 3 is 1.10 bits per heavy atom. The number of hydrogen-bond acceptors (Lipinski definition) is 27. The number of nitro groups is 2. The first-order valence-electron chi connectivity index (χ1n) is 36.4. The molecule has 0 saturated carbocycles. The fourth-order valence-electron chi connectivity index (χ4n) is 13.9. The Kier molecular flexibility index (Phi) is 30.5. The van der Waals surface area contributed by atoms with Crippen molar-refractivity contribution >= 4 is 136 Å². The van der Waals surface area contributed by atoms with Crippen LogP contribution in [-0.2, 0) is 67.2 Å². The van der Waals surface area contributed by atoms with Crippen LogP contribution in [0.3, 0.4) is 0 Å². The molecule has 0 spiro atoms. The van der Waals surface area contributed by atoms with Crippen molar-refractivity contribution in [1.82, 2.24) is 59.7 Å². The number of nitrogen functional groups attached to an aromatic ring is 4. The van der Waals surface area contributed by atoms with Gasteiger partial charge in [0.15, 0.2) is 0 Å². The Labute approximate surface area is 716 Å². The topological polar surface area (TPSA) is 482 Å². The second-order valence-corrected chi connectivity index (χ2v) is 32.0. The zero-order chi connectivity index (χ0) is 86.8. The molecular formula is C77H95BBrN19Na2O15S2. The minimum absolute atomic E-state index is 0. The van der Waals surface area contributed by atoms with E-state index in [9.17, 15) is 25.0 Å². The number of hydrogen-bond donors (Lipinski definition) is 5. The molecule has 1 amide bonds. The molecule has 14 rings (SSSR count). The number of nitro benzene ring substituents is 2. The number of halogens is 1. The van der Waals surface area contributed by atoms with Crippen molar-refractivity contribution in [3.63, 3.8) is 0 Å². The second-order valence-electron chi connectivity index (χ2n) is 28.7. The number of nitrogens with two attached hydrogens (primary N) is 4. The molecule has 612 valence electrons. The average molecular weight is 1730 g/mol. The van der Waals surface area contributed by atoms with Crippen molar-refractivity contribution in [3.05, 3.63) is 170 Å². The van der Waals surface area contributed by atoms with Gasteiger partial charge in [0.1, 0.15) is 34.4 Å². The van der Waals surface area contributed by atoms with Gasteiger partial charge < -0.3 is 55.7 Å². The third-order valence-electron chi connectivity index (χ3n) is 20.5. The summed E-state index contributed by atoms with van der Waals surface area (Å²) in [6, 6.07) is 14.5. The van der Waals surface area contributed by atoms with Crippen LogP contribution in [-0.4, -0.2) is 154 Å². The van der Waals surface area contributed by atoms with E-state index in [1.54, 1.807) is 38.4 Å². The number of benzene rings is 4. The summed E-state index contributed by atoms with van der Waals surface area (Å²) >= 11 is 6.11. The first-order valence-corrected chi connectivity index (χ1v) is 47.8. The van der Waals surface area contributed by atoms with Crippen LogP contribution in [0.4, 0.5) is 39.8 Å². The van der Waals surface area contributed by atoms with Gasteiger partial charge in [0.2, 0.25) is 5.91 Å². The molecule has 0 aliphatic carbocycles. The number of carbonyl (C=O) groups is 1. The summed E-state index contributed by atoms with van der Waals surface area (Å²) in [4.78, 5) is 33.5. The Morgan fingerprint density at radius 2 is 0.778 bits per heavy atom. The van der Waals surface area contributed by atoms with Crippen LogP contribution in [0.25, 0.3) is 77.9 Å². The molecule has 34 nitrogen and oxygen atoms in total. The number of nitrogens with one attached hydrogen (secondary N) is 1. The van der Waals surface area contributed by atoms with E-state index in [0.717, 1.165) is 146 Å². The molecule has 0 bridgehead atoms. The zero-order valence-electron chi connectivity index (χ0n) is 69.8. The van der Waals surface area contributed by atoms with Gasteiger partial charge in [0.05, 0.1) is 84.4 Å². The number of fused-ring (bicyclic) bond motifs is 1. The fourth-order valence-corrected chi connectivity index (χ4v) is 14.4. The van der Waals surface area contributed by atoms with Gasteiger partial charge >= 0.3 is 69.3 Å². The van der Waals surface area contributed by atoms with Crippen LogP contribution in [0.15, 0.2) is 71.1 Å². The summed E-state index contributed by atoms with van der Waals surface area (Å²) in [5, 5.41) is 59.1. The van der Waals surface area contributed by atoms with Crippen molar-refractivity contribution in [3.8, 4) is 77.9 Å². The predicted octanol–water partition coefficient (Wildman–Crippen LogP) is 13.2. The number of nitrogens with zero attached hydrogens (tertiary/aromatic N) is 14. The van der Waals surface area contributed by atoms with Gasteiger partial charge in [-0.3, -0.25) is 43.8 Å². The Hall–Kier alpha value is -9.87. The average Bonchev–Trinajstić information content (AvgIpc) is 1.64. The molecule has 12 aromatic rings. The summed E-state index contributed by atoms with van der Waals surface area (Å²) in [6.45, 7) is 38.8. The van der Waals surface area contributed by atoms with Crippen LogP contribution in [0.2, 0.25) is 0 Å².